The van der Waals surface area contributed by atoms with Gasteiger partial charge in [0, 0.05) is 24.5 Å². The lowest BCUT2D eigenvalue weighted by Crippen LogP contribution is -2.33. The average Bonchev–Trinajstić information content (AvgIpc) is 2.82. The maximum Gasteiger partial charge on any atom is 0.245 e. The molecule has 0 aliphatic carbocycles. The van der Waals surface area contributed by atoms with E-state index in [9.17, 15) is 4.79 Å². The molecular weight excluding hydrogens is 288 g/mol. The summed E-state index contributed by atoms with van der Waals surface area (Å²) < 4.78 is 0. The number of nitrogens with one attached hydrogen (secondary N) is 1. The van der Waals surface area contributed by atoms with Crippen molar-refractivity contribution in [2.75, 3.05) is 11.9 Å². The van der Waals surface area contributed by atoms with Crippen molar-refractivity contribution in [1.82, 2.24) is 14.9 Å². The van der Waals surface area contributed by atoms with E-state index in [1.807, 2.05) is 24.8 Å². The Morgan fingerprint density at radius 3 is 2.43 bits per heavy atom. The third-order valence-corrected chi connectivity index (χ3v) is 4.08. The minimum Gasteiger partial charge on any atom is -0.342 e. The van der Waals surface area contributed by atoms with Gasteiger partial charge in [0.2, 0.25) is 11.9 Å². The number of anilines is 1. The van der Waals surface area contributed by atoms with Crippen LogP contribution >= 0.6 is 0 Å². The second kappa shape index (κ2) is 6.36. The van der Waals surface area contributed by atoms with Gasteiger partial charge >= 0.3 is 0 Å². The lowest BCUT2D eigenvalue weighted by atomic mass is 10.1. The molecule has 1 aliphatic rings. The highest BCUT2D eigenvalue weighted by Crippen LogP contribution is 2.18. The standard InChI is InChI=1S/C18H22N4O/c1-12-4-6-15(7-5-12)11-22-9-8-16(17(22)23)21-18-19-13(2)10-14(3)20-18/h4-7,10,16H,8-9,11H2,1-3H3,(H,19,20,21). The molecule has 120 valence electrons. The Morgan fingerprint density at radius 1 is 1.13 bits per heavy atom. The number of amides is 1. The van der Waals surface area contributed by atoms with Crippen LogP contribution in [0.5, 0.6) is 0 Å². The number of likely N-dealkylation sites (tertiary alicyclic amines) is 1. The van der Waals surface area contributed by atoms with E-state index in [1.54, 1.807) is 0 Å². The van der Waals surface area contributed by atoms with E-state index in [0.29, 0.717) is 12.5 Å². The lowest BCUT2D eigenvalue weighted by molar-refractivity contribution is -0.128. The Bertz CT molecular complexity index is 691. The largest absolute Gasteiger partial charge is 0.342 e. The van der Waals surface area contributed by atoms with E-state index in [-0.39, 0.29) is 11.9 Å². The van der Waals surface area contributed by atoms with E-state index in [1.165, 1.54) is 5.56 Å². The van der Waals surface area contributed by atoms with Crippen LogP contribution in [-0.2, 0) is 11.3 Å². The maximum atomic E-state index is 12.6. The van der Waals surface area contributed by atoms with Crippen LogP contribution in [0.2, 0.25) is 0 Å². The summed E-state index contributed by atoms with van der Waals surface area (Å²) in [7, 11) is 0. The van der Waals surface area contributed by atoms with Crippen molar-refractivity contribution < 1.29 is 4.79 Å². The average molecular weight is 310 g/mol. The van der Waals surface area contributed by atoms with Crippen LogP contribution in [0.4, 0.5) is 5.95 Å². The zero-order chi connectivity index (χ0) is 16.4. The van der Waals surface area contributed by atoms with Crippen molar-refractivity contribution in [3.63, 3.8) is 0 Å². The number of benzene rings is 1. The van der Waals surface area contributed by atoms with Crippen molar-refractivity contribution in [1.29, 1.82) is 0 Å². The van der Waals surface area contributed by atoms with Crippen LogP contribution in [-0.4, -0.2) is 33.4 Å². The molecule has 1 unspecified atom stereocenters. The summed E-state index contributed by atoms with van der Waals surface area (Å²) in [5, 5.41) is 3.18. The predicted octanol–water partition coefficient (Wildman–Crippen LogP) is 2.61. The van der Waals surface area contributed by atoms with Crippen LogP contribution in [0.15, 0.2) is 30.3 Å². The van der Waals surface area contributed by atoms with Gasteiger partial charge in [0.15, 0.2) is 0 Å². The number of aromatic nitrogens is 2. The summed E-state index contributed by atoms with van der Waals surface area (Å²) in [4.78, 5) is 23.2. The van der Waals surface area contributed by atoms with Crippen LogP contribution in [0, 0.1) is 20.8 Å². The highest BCUT2D eigenvalue weighted by molar-refractivity contribution is 5.86. The smallest absolute Gasteiger partial charge is 0.245 e. The molecule has 5 nitrogen and oxygen atoms in total. The minimum atomic E-state index is -0.235. The summed E-state index contributed by atoms with van der Waals surface area (Å²) in [6, 6.07) is 10.0. The minimum absolute atomic E-state index is 0.119. The van der Waals surface area contributed by atoms with Crippen molar-refractivity contribution in [3.8, 4) is 0 Å². The second-order valence-corrected chi connectivity index (χ2v) is 6.21. The lowest BCUT2D eigenvalue weighted by Gasteiger charge is -2.17. The zero-order valence-electron chi connectivity index (χ0n) is 13.8. The Hall–Kier alpha value is -2.43. The highest BCUT2D eigenvalue weighted by Gasteiger charge is 2.32. The molecule has 1 atom stereocenters. The zero-order valence-corrected chi connectivity index (χ0v) is 13.8. The molecule has 1 N–H and O–H groups in total. The monoisotopic (exact) mass is 310 g/mol. The number of carbonyl (C=O) groups is 1. The van der Waals surface area contributed by atoms with Crippen molar-refractivity contribution in [2.24, 2.45) is 0 Å². The first-order chi connectivity index (χ1) is 11.0. The SMILES string of the molecule is Cc1ccc(CN2CCC(Nc3nc(C)cc(C)n3)C2=O)cc1. The van der Waals surface area contributed by atoms with E-state index in [4.69, 9.17) is 0 Å². The Kier molecular flexibility index (Phi) is 4.28. The second-order valence-electron chi connectivity index (χ2n) is 6.21. The first kappa shape index (κ1) is 15.5. The van der Waals surface area contributed by atoms with E-state index in [0.717, 1.165) is 29.9 Å². The van der Waals surface area contributed by atoms with Gasteiger partial charge in [-0.05, 0) is 38.8 Å². The van der Waals surface area contributed by atoms with Gasteiger partial charge in [-0.1, -0.05) is 29.8 Å². The third-order valence-electron chi connectivity index (χ3n) is 4.08. The van der Waals surface area contributed by atoms with Gasteiger partial charge in [0.25, 0.3) is 0 Å². The van der Waals surface area contributed by atoms with Crippen LogP contribution < -0.4 is 5.32 Å². The maximum absolute atomic E-state index is 12.6. The molecule has 2 aromatic rings. The molecule has 0 spiro atoms. The fraction of sp³-hybridized carbons (Fsp3) is 0.389. The molecule has 0 saturated carbocycles. The molecule has 1 aromatic carbocycles. The highest BCUT2D eigenvalue weighted by atomic mass is 16.2. The van der Waals surface area contributed by atoms with Crippen molar-refractivity contribution >= 4 is 11.9 Å². The first-order valence-electron chi connectivity index (χ1n) is 7.94. The Morgan fingerprint density at radius 2 is 1.78 bits per heavy atom. The Balaban J connectivity index is 1.65. The topological polar surface area (TPSA) is 58.1 Å². The molecule has 1 aliphatic heterocycles. The summed E-state index contributed by atoms with van der Waals surface area (Å²) in [6.07, 6.45) is 0.779. The van der Waals surface area contributed by atoms with Crippen molar-refractivity contribution in [3.05, 3.63) is 52.8 Å². The molecule has 5 heteroatoms. The molecule has 1 aromatic heterocycles. The number of rotatable bonds is 4. The Labute approximate surface area is 136 Å². The number of nitrogens with zero attached hydrogens (tertiary/aromatic N) is 3. The molecule has 2 heterocycles. The number of carbonyl (C=O) groups excluding carboxylic acids is 1. The summed E-state index contributed by atoms with van der Waals surface area (Å²) in [5.74, 6) is 0.659. The van der Waals surface area contributed by atoms with Crippen molar-refractivity contribution in [2.45, 2.75) is 39.8 Å². The van der Waals surface area contributed by atoms with E-state index in [2.05, 4.69) is 46.5 Å². The molecule has 3 rings (SSSR count). The fourth-order valence-electron chi connectivity index (χ4n) is 2.89. The summed E-state index contributed by atoms with van der Waals surface area (Å²) in [5.41, 5.74) is 4.20. The molecule has 1 saturated heterocycles. The van der Waals surface area contributed by atoms with E-state index >= 15 is 0 Å². The molecule has 0 radical (unpaired) electrons. The molecular formula is C18H22N4O. The number of hydrogen-bond acceptors (Lipinski definition) is 4. The molecule has 1 amide bonds. The summed E-state index contributed by atoms with van der Waals surface area (Å²) >= 11 is 0. The van der Waals surface area contributed by atoms with Gasteiger partial charge in [-0.3, -0.25) is 4.79 Å². The van der Waals surface area contributed by atoms with Crippen LogP contribution in [0.1, 0.15) is 28.9 Å². The number of hydrogen-bond donors (Lipinski definition) is 1. The molecule has 0 bridgehead atoms. The van der Waals surface area contributed by atoms with Crippen LogP contribution in [0.3, 0.4) is 0 Å². The first-order valence-corrected chi connectivity index (χ1v) is 7.94. The van der Waals surface area contributed by atoms with Gasteiger partial charge in [0.05, 0.1) is 0 Å². The summed E-state index contributed by atoms with van der Waals surface area (Å²) in [6.45, 7) is 7.34. The predicted molar refractivity (Wildman–Crippen MR) is 90.1 cm³/mol. The molecule has 1 fully saturated rings. The fourth-order valence-corrected chi connectivity index (χ4v) is 2.89. The third kappa shape index (κ3) is 3.67. The number of aryl methyl sites for hydroxylation is 3. The van der Waals surface area contributed by atoms with Crippen LogP contribution in [0.25, 0.3) is 0 Å². The quantitative estimate of drug-likeness (QED) is 0.943. The van der Waals surface area contributed by atoms with Gasteiger partial charge in [-0.25, -0.2) is 9.97 Å². The van der Waals surface area contributed by atoms with Gasteiger partial charge in [-0.15, -0.1) is 0 Å². The van der Waals surface area contributed by atoms with Gasteiger partial charge in [0.1, 0.15) is 6.04 Å². The normalized spacial score (nSPS) is 17.6. The van der Waals surface area contributed by atoms with Gasteiger partial charge in [-0.2, -0.15) is 0 Å². The van der Waals surface area contributed by atoms with E-state index < -0.39 is 0 Å². The molecule has 23 heavy (non-hydrogen) atoms. The van der Waals surface area contributed by atoms with Gasteiger partial charge < -0.3 is 10.2 Å².